The lowest BCUT2D eigenvalue weighted by Gasteiger charge is -2.53. The van der Waals surface area contributed by atoms with Gasteiger partial charge in [0.25, 0.3) is 0 Å². The van der Waals surface area contributed by atoms with Gasteiger partial charge in [-0.25, -0.2) is 0 Å². The highest BCUT2D eigenvalue weighted by Crippen LogP contribution is 2.49. The van der Waals surface area contributed by atoms with Crippen molar-refractivity contribution < 1.29 is 15.0 Å². The van der Waals surface area contributed by atoms with Crippen molar-refractivity contribution in [1.29, 1.82) is 0 Å². The van der Waals surface area contributed by atoms with Gasteiger partial charge in [-0.15, -0.1) is 6.58 Å². The Hall–Kier alpha value is -3.05. The van der Waals surface area contributed by atoms with Gasteiger partial charge in [0, 0.05) is 30.6 Å². The zero-order valence-corrected chi connectivity index (χ0v) is 18.4. The van der Waals surface area contributed by atoms with Crippen molar-refractivity contribution in [2.24, 2.45) is 5.92 Å². The van der Waals surface area contributed by atoms with Gasteiger partial charge in [0.1, 0.15) is 11.5 Å². The molecule has 0 radical (unpaired) electrons. The summed E-state index contributed by atoms with van der Waals surface area (Å²) in [6, 6.07) is 14.6. The number of hydrogen-bond donors (Lipinski definition) is 3. The van der Waals surface area contributed by atoms with Gasteiger partial charge in [0.05, 0.1) is 0 Å². The van der Waals surface area contributed by atoms with Crippen LogP contribution in [-0.4, -0.2) is 46.7 Å². The van der Waals surface area contributed by atoms with E-state index in [2.05, 4.69) is 22.9 Å². The van der Waals surface area contributed by atoms with Crippen molar-refractivity contribution >= 4 is 12.0 Å². The number of piperidine rings is 1. The molecule has 1 aliphatic carbocycles. The number of fused-ring (bicyclic) bond motifs is 1. The first-order valence-electron chi connectivity index (χ1n) is 11.4. The lowest BCUT2D eigenvalue weighted by Crippen LogP contribution is -2.56. The van der Waals surface area contributed by atoms with E-state index in [9.17, 15) is 15.0 Å². The number of nitrogens with one attached hydrogen (secondary N) is 1. The molecule has 2 aromatic carbocycles. The van der Waals surface area contributed by atoms with Gasteiger partial charge < -0.3 is 15.5 Å². The maximum absolute atomic E-state index is 12.6. The Labute approximate surface area is 190 Å². The molecule has 0 bridgehead atoms. The van der Waals surface area contributed by atoms with Crippen LogP contribution in [0.3, 0.4) is 0 Å². The second-order valence-corrected chi connectivity index (χ2v) is 9.12. The number of phenolic OH excluding ortho intramolecular Hbond substituents is 2. The van der Waals surface area contributed by atoms with Crippen LogP contribution < -0.4 is 5.32 Å². The van der Waals surface area contributed by atoms with Crippen LogP contribution >= 0.6 is 0 Å². The van der Waals surface area contributed by atoms with E-state index in [1.165, 1.54) is 11.6 Å². The molecule has 0 unspecified atom stereocenters. The normalized spacial score (nSPS) is 25.9. The number of benzene rings is 2. The number of hydrogen-bond acceptors (Lipinski definition) is 4. The highest BCUT2D eigenvalue weighted by Gasteiger charge is 2.48. The molecular weight excluding hydrogens is 400 g/mol. The Bertz CT molecular complexity index is 1000. The van der Waals surface area contributed by atoms with Crippen LogP contribution in [0.25, 0.3) is 6.08 Å². The summed E-state index contributed by atoms with van der Waals surface area (Å²) in [5, 5.41) is 23.0. The number of rotatable bonds is 6. The summed E-state index contributed by atoms with van der Waals surface area (Å²) < 4.78 is 0. The molecular formula is C27H32N2O3. The SMILES string of the molecule is C=CCN1CC[C@@]2(c3cccc(O)c3)C[C@@H](NC(=O)C=Cc3cccc(O)c3)CC[C@@H]2C1. The van der Waals surface area contributed by atoms with Crippen LogP contribution in [0.5, 0.6) is 11.5 Å². The number of nitrogens with zero attached hydrogens (tertiary/aromatic N) is 1. The molecule has 1 aliphatic heterocycles. The number of likely N-dealkylation sites (tertiary alicyclic amines) is 1. The zero-order valence-electron chi connectivity index (χ0n) is 18.4. The number of phenols is 2. The van der Waals surface area contributed by atoms with Gasteiger partial charge in [-0.1, -0.05) is 30.3 Å². The molecule has 0 aromatic heterocycles. The molecule has 2 aliphatic rings. The van der Waals surface area contributed by atoms with Crippen molar-refractivity contribution in [3.8, 4) is 11.5 Å². The smallest absolute Gasteiger partial charge is 0.244 e. The standard InChI is InChI=1S/C27H32N2O3/c1-2-14-29-15-13-27(21-6-4-8-25(31)17-21)18-23(11-10-22(27)19-29)28-26(32)12-9-20-5-3-7-24(30)16-20/h2-9,12,16-17,22-23,30-31H,1,10-11,13-15,18-19H2,(H,28,32)/t22-,23+,27+/m1/s1. The molecule has 2 fully saturated rings. The molecule has 32 heavy (non-hydrogen) atoms. The van der Waals surface area contributed by atoms with E-state index in [4.69, 9.17) is 0 Å². The van der Waals surface area contributed by atoms with E-state index in [0.29, 0.717) is 11.7 Å². The Morgan fingerprint density at radius 2 is 1.94 bits per heavy atom. The fourth-order valence-electron chi connectivity index (χ4n) is 5.55. The summed E-state index contributed by atoms with van der Waals surface area (Å²) in [6.07, 6.45) is 9.07. The molecule has 4 rings (SSSR count). The predicted molar refractivity (Wildman–Crippen MR) is 127 cm³/mol. The second-order valence-electron chi connectivity index (χ2n) is 9.12. The maximum atomic E-state index is 12.6. The molecule has 168 valence electrons. The lowest BCUT2D eigenvalue weighted by atomic mass is 9.58. The van der Waals surface area contributed by atoms with E-state index in [-0.39, 0.29) is 23.1 Å². The van der Waals surface area contributed by atoms with Crippen molar-refractivity contribution in [2.45, 2.75) is 37.1 Å². The van der Waals surface area contributed by atoms with Crippen molar-refractivity contribution in [3.05, 3.63) is 78.4 Å². The summed E-state index contributed by atoms with van der Waals surface area (Å²) in [5.41, 5.74) is 1.91. The van der Waals surface area contributed by atoms with Gasteiger partial charge in [-0.3, -0.25) is 9.69 Å². The molecule has 3 atom stereocenters. The fourth-order valence-corrected chi connectivity index (χ4v) is 5.55. The van der Waals surface area contributed by atoms with E-state index >= 15 is 0 Å². The van der Waals surface area contributed by atoms with Gasteiger partial charge in [-0.2, -0.15) is 0 Å². The molecule has 1 saturated heterocycles. The topological polar surface area (TPSA) is 72.8 Å². The minimum atomic E-state index is -0.119. The lowest BCUT2D eigenvalue weighted by molar-refractivity contribution is -0.117. The van der Waals surface area contributed by atoms with Gasteiger partial charge in [-0.05, 0) is 79.6 Å². The van der Waals surface area contributed by atoms with Gasteiger partial charge in [0.2, 0.25) is 5.91 Å². The average molecular weight is 433 g/mol. The summed E-state index contributed by atoms with van der Waals surface area (Å²) in [6.45, 7) is 6.78. The average Bonchev–Trinajstić information content (AvgIpc) is 2.78. The molecule has 3 N–H and O–H groups in total. The third-order valence-corrected chi connectivity index (χ3v) is 7.06. The molecule has 1 heterocycles. The van der Waals surface area contributed by atoms with Crippen molar-refractivity contribution in [1.82, 2.24) is 10.2 Å². The van der Waals surface area contributed by atoms with E-state index in [1.54, 1.807) is 30.3 Å². The van der Waals surface area contributed by atoms with Crippen LogP contribution in [0.15, 0.2) is 67.3 Å². The van der Waals surface area contributed by atoms with Crippen molar-refractivity contribution in [3.63, 3.8) is 0 Å². The molecule has 0 spiro atoms. The van der Waals surface area contributed by atoms with E-state index < -0.39 is 0 Å². The van der Waals surface area contributed by atoms with Gasteiger partial charge in [0.15, 0.2) is 0 Å². The third kappa shape index (κ3) is 4.89. The van der Waals surface area contributed by atoms with Crippen LogP contribution in [0.2, 0.25) is 0 Å². The number of amides is 1. The molecule has 2 aromatic rings. The molecule has 5 nitrogen and oxygen atoms in total. The largest absolute Gasteiger partial charge is 0.508 e. The Balaban J connectivity index is 1.50. The second kappa shape index (κ2) is 9.61. The summed E-state index contributed by atoms with van der Waals surface area (Å²) >= 11 is 0. The minimum absolute atomic E-state index is 0.0540. The summed E-state index contributed by atoms with van der Waals surface area (Å²) in [5.74, 6) is 0.840. The summed E-state index contributed by atoms with van der Waals surface area (Å²) in [7, 11) is 0. The van der Waals surface area contributed by atoms with Crippen LogP contribution in [0, 0.1) is 5.92 Å². The monoisotopic (exact) mass is 432 g/mol. The van der Waals surface area contributed by atoms with Gasteiger partial charge >= 0.3 is 0 Å². The van der Waals surface area contributed by atoms with Crippen LogP contribution in [-0.2, 0) is 10.2 Å². The fraction of sp³-hybridized carbons (Fsp3) is 0.370. The zero-order chi connectivity index (χ0) is 22.6. The Morgan fingerprint density at radius 3 is 2.69 bits per heavy atom. The first-order valence-corrected chi connectivity index (χ1v) is 11.4. The maximum Gasteiger partial charge on any atom is 0.244 e. The van der Waals surface area contributed by atoms with Crippen molar-refractivity contribution in [2.75, 3.05) is 19.6 Å². The predicted octanol–water partition coefficient (Wildman–Crippen LogP) is 4.23. The van der Waals surface area contributed by atoms with Crippen LogP contribution in [0.4, 0.5) is 0 Å². The third-order valence-electron chi connectivity index (χ3n) is 7.06. The quantitative estimate of drug-likeness (QED) is 0.472. The molecule has 5 heteroatoms. The summed E-state index contributed by atoms with van der Waals surface area (Å²) in [4.78, 5) is 15.1. The molecule has 1 amide bonds. The van der Waals surface area contributed by atoms with Crippen LogP contribution in [0.1, 0.15) is 36.8 Å². The number of aromatic hydroxyl groups is 2. The minimum Gasteiger partial charge on any atom is -0.508 e. The Kier molecular flexibility index (Phi) is 6.66. The highest BCUT2D eigenvalue weighted by atomic mass is 16.3. The first kappa shape index (κ1) is 22.2. The number of carbonyl (C=O) groups is 1. The highest BCUT2D eigenvalue weighted by molar-refractivity contribution is 5.92. The first-order chi connectivity index (χ1) is 15.5. The Morgan fingerprint density at radius 1 is 1.16 bits per heavy atom. The van der Waals surface area contributed by atoms with E-state index in [1.807, 2.05) is 24.3 Å². The van der Waals surface area contributed by atoms with E-state index in [0.717, 1.165) is 50.9 Å². The molecule has 1 saturated carbocycles. The number of carbonyl (C=O) groups excluding carboxylic acids is 1.